The van der Waals surface area contributed by atoms with Crippen LogP contribution in [-0.4, -0.2) is 0 Å². The molecule has 0 amide bonds. The van der Waals surface area contributed by atoms with Gasteiger partial charge in [-0.2, -0.15) is 0 Å². The Hall–Kier alpha value is -1.03. The number of nitrogens with one attached hydrogen (secondary N) is 1. The molecule has 2 aromatic rings. The highest BCUT2D eigenvalue weighted by Crippen LogP contribution is 2.22. The lowest BCUT2D eigenvalue weighted by molar-refractivity contribution is 0.881. The third-order valence-corrected chi connectivity index (χ3v) is 3.91. The van der Waals surface area contributed by atoms with E-state index >= 15 is 0 Å². The van der Waals surface area contributed by atoms with Crippen LogP contribution in [0.5, 0.6) is 0 Å². The summed E-state index contributed by atoms with van der Waals surface area (Å²) in [6.07, 6.45) is 0. The van der Waals surface area contributed by atoms with E-state index in [4.69, 9.17) is 0 Å². The van der Waals surface area contributed by atoms with Gasteiger partial charge >= 0.3 is 0 Å². The van der Waals surface area contributed by atoms with Crippen molar-refractivity contribution in [3.63, 3.8) is 0 Å². The first-order valence-corrected chi connectivity index (χ1v) is 7.23. The fourth-order valence-corrected chi connectivity index (χ4v) is 2.49. The molecular weight excluding hydrogens is 333 g/mol. The van der Waals surface area contributed by atoms with Crippen LogP contribution in [0.3, 0.4) is 0 Å². The van der Waals surface area contributed by atoms with Crippen LogP contribution in [0, 0.1) is 17.4 Å². The molecular formula is C16H18IN. The second-order valence-electron chi connectivity index (χ2n) is 4.72. The van der Waals surface area contributed by atoms with Gasteiger partial charge in [-0.1, -0.05) is 24.3 Å². The molecule has 0 aliphatic heterocycles. The van der Waals surface area contributed by atoms with Crippen molar-refractivity contribution >= 4 is 28.3 Å². The Morgan fingerprint density at radius 3 is 2.44 bits per heavy atom. The van der Waals surface area contributed by atoms with Crippen molar-refractivity contribution in [3.8, 4) is 0 Å². The predicted octanol–water partition coefficient (Wildman–Crippen LogP) is 5.08. The van der Waals surface area contributed by atoms with E-state index in [-0.39, 0.29) is 0 Å². The van der Waals surface area contributed by atoms with E-state index in [2.05, 4.69) is 91.1 Å². The van der Waals surface area contributed by atoms with Crippen LogP contribution >= 0.6 is 22.6 Å². The standard InChI is InChI=1S/C16H18IN/c1-11-7-8-14(9-12(11)2)13(3)18-16-6-4-5-15(17)10-16/h4-10,13,18H,1-3H3. The third kappa shape index (κ3) is 3.25. The minimum absolute atomic E-state index is 0.322. The highest BCUT2D eigenvalue weighted by atomic mass is 127. The molecule has 0 heterocycles. The number of benzene rings is 2. The lowest BCUT2D eigenvalue weighted by atomic mass is 10.0. The summed E-state index contributed by atoms with van der Waals surface area (Å²) in [5, 5.41) is 3.54. The van der Waals surface area contributed by atoms with Gasteiger partial charge in [-0.15, -0.1) is 0 Å². The maximum atomic E-state index is 3.54. The molecule has 2 rings (SSSR count). The van der Waals surface area contributed by atoms with Crippen LogP contribution in [0.15, 0.2) is 42.5 Å². The monoisotopic (exact) mass is 351 g/mol. The summed E-state index contributed by atoms with van der Waals surface area (Å²) >= 11 is 2.34. The molecule has 2 aromatic carbocycles. The topological polar surface area (TPSA) is 12.0 Å². The Bertz CT molecular complexity index is 549. The molecule has 1 nitrogen and oxygen atoms in total. The Morgan fingerprint density at radius 1 is 1.00 bits per heavy atom. The average molecular weight is 351 g/mol. The van der Waals surface area contributed by atoms with Crippen LogP contribution in [0.25, 0.3) is 0 Å². The van der Waals surface area contributed by atoms with Gasteiger partial charge in [0.25, 0.3) is 0 Å². The zero-order valence-corrected chi connectivity index (χ0v) is 13.2. The maximum Gasteiger partial charge on any atom is 0.0485 e. The Kier molecular flexibility index (Phi) is 4.27. The highest BCUT2D eigenvalue weighted by molar-refractivity contribution is 14.1. The van der Waals surface area contributed by atoms with E-state index in [1.807, 2.05) is 0 Å². The Morgan fingerprint density at radius 2 is 1.78 bits per heavy atom. The van der Waals surface area contributed by atoms with Crippen LogP contribution in [-0.2, 0) is 0 Å². The molecule has 94 valence electrons. The van der Waals surface area contributed by atoms with Gasteiger partial charge in [-0.25, -0.2) is 0 Å². The minimum atomic E-state index is 0.322. The molecule has 0 aliphatic carbocycles. The second-order valence-corrected chi connectivity index (χ2v) is 5.97. The van der Waals surface area contributed by atoms with E-state index in [9.17, 15) is 0 Å². The van der Waals surface area contributed by atoms with Gasteiger partial charge in [0.2, 0.25) is 0 Å². The van der Waals surface area contributed by atoms with E-state index in [1.165, 1.54) is 25.9 Å². The summed E-state index contributed by atoms with van der Waals surface area (Å²) in [5.74, 6) is 0. The second kappa shape index (κ2) is 5.74. The number of hydrogen-bond acceptors (Lipinski definition) is 1. The zero-order valence-electron chi connectivity index (χ0n) is 11.0. The molecule has 0 radical (unpaired) electrons. The number of anilines is 1. The molecule has 0 aliphatic rings. The lowest BCUT2D eigenvalue weighted by Crippen LogP contribution is -2.07. The maximum absolute atomic E-state index is 3.54. The molecule has 0 fully saturated rings. The van der Waals surface area contributed by atoms with Gasteiger partial charge in [0, 0.05) is 15.3 Å². The number of aryl methyl sites for hydroxylation is 2. The molecule has 1 atom stereocenters. The van der Waals surface area contributed by atoms with Gasteiger partial charge in [0.1, 0.15) is 0 Å². The number of hydrogen-bond donors (Lipinski definition) is 1. The largest absolute Gasteiger partial charge is 0.378 e. The van der Waals surface area contributed by atoms with Gasteiger partial charge < -0.3 is 5.32 Å². The molecule has 18 heavy (non-hydrogen) atoms. The molecule has 0 saturated heterocycles. The van der Waals surface area contributed by atoms with Gasteiger partial charge in [0.05, 0.1) is 0 Å². The summed E-state index contributed by atoms with van der Waals surface area (Å²) in [6, 6.07) is 15.4. The summed E-state index contributed by atoms with van der Waals surface area (Å²) < 4.78 is 1.25. The lowest BCUT2D eigenvalue weighted by Gasteiger charge is -2.17. The van der Waals surface area contributed by atoms with Gasteiger partial charge in [-0.3, -0.25) is 0 Å². The molecule has 0 aromatic heterocycles. The molecule has 1 N–H and O–H groups in total. The van der Waals surface area contributed by atoms with E-state index in [0.717, 1.165) is 0 Å². The fourth-order valence-electron chi connectivity index (χ4n) is 1.95. The Labute approximate surface area is 123 Å². The molecule has 0 saturated carbocycles. The summed E-state index contributed by atoms with van der Waals surface area (Å²) in [6.45, 7) is 6.51. The first-order chi connectivity index (χ1) is 8.56. The van der Waals surface area contributed by atoms with Crippen molar-refractivity contribution < 1.29 is 0 Å². The summed E-state index contributed by atoms with van der Waals surface area (Å²) in [4.78, 5) is 0. The summed E-state index contributed by atoms with van der Waals surface area (Å²) in [5.41, 5.74) is 5.20. The van der Waals surface area contributed by atoms with Crippen molar-refractivity contribution in [2.24, 2.45) is 0 Å². The van der Waals surface area contributed by atoms with Crippen molar-refractivity contribution in [2.75, 3.05) is 5.32 Å². The zero-order chi connectivity index (χ0) is 13.1. The Balaban J connectivity index is 2.16. The fraction of sp³-hybridized carbons (Fsp3) is 0.250. The van der Waals surface area contributed by atoms with Crippen LogP contribution in [0.1, 0.15) is 29.7 Å². The quantitative estimate of drug-likeness (QED) is 0.761. The molecule has 0 spiro atoms. The van der Waals surface area contributed by atoms with E-state index < -0.39 is 0 Å². The average Bonchev–Trinajstić information content (AvgIpc) is 2.32. The number of halogens is 1. The van der Waals surface area contributed by atoms with Crippen molar-refractivity contribution in [3.05, 3.63) is 62.7 Å². The van der Waals surface area contributed by atoms with Crippen molar-refractivity contribution in [1.29, 1.82) is 0 Å². The summed E-state index contributed by atoms with van der Waals surface area (Å²) in [7, 11) is 0. The number of rotatable bonds is 3. The van der Waals surface area contributed by atoms with Crippen LogP contribution < -0.4 is 5.32 Å². The first-order valence-electron chi connectivity index (χ1n) is 6.15. The molecule has 2 heteroatoms. The molecule has 0 bridgehead atoms. The predicted molar refractivity (Wildman–Crippen MR) is 87.1 cm³/mol. The minimum Gasteiger partial charge on any atom is -0.378 e. The highest BCUT2D eigenvalue weighted by Gasteiger charge is 2.06. The van der Waals surface area contributed by atoms with Crippen LogP contribution in [0.4, 0.5) is 5.69 Å². The first kappa shape index (κ1) is 13.4. The van der Waals surface area contributed by atoms with Crippen LogP contribution in [0.2, 0.25) is 0 Å². The molecule has 1 unspecified atom stereocenters. The smallest absolute Gasteiger partial charge is 0.0485 e. The third-order valence-electron chi connectivity index (χ3n) is 3.24. The van der Waals surface area contributed by atoms with E-state index in [0.29, 0.717) is 6.04 Å². The SMILES string of the molecule is Cc1ccc(C(C)Nc2cccc(I)c2)cc1C. The van der Waals surface area contributed by atoms with Gasteiger partial charge in [0.15, 0.2) is 0 Å². The van der Waals surface area contributed by atoms with Gasteiger partial charge in [-0.05, 0) is 78.3 Å². The normalized spacial score (nSPS) is 12.2. The van der Waals surface area contributed by atoms with Crippen molar-refractivity contribution in [2.45, 2.75) is 26.8 Å². The van der Waals surface area contributed by atoms with Crippen molar-refractivity contribution in [1.82, 2.24) is 0 Å². The van der Waals surface area contributed by atoms with E-state index in [1.54, 1.807) is 0 Å².